The van der Waals surface area contributed by atoms with E-state index < -0.39 is 0 Å². The first-order valence-corrected chi connectivity index (χ1v) is 8.30. The molecule has 1 fully saturated rings. The molecule has 2 N–H and O–H groups in total. The largest absolute Gasteiger partial charge is 0.368 e. The van der Waals surface area contributed by atoms with Crippen molar-refractivity contribution in [2.45, 2.75) is 51.5 Å². The number of benzene rings is 1. The minimum atomic E-state index is 0.695. The fraction of sp³-hybridized carbons (Fsp3) is 0.625. The van der Waals surface area contributed by atoms with Crippen LogP contribution in [0.1, 0.15) is 44.6 Å². The van der Waals surface area contributed by atoms with E-state index in [1.165, 1.54) is 49.9 Å². The Morgan fingerprint density at radius 2 is 2.16 bits per heavy atom. The van der Waals surface area contributed by atoms with Crippen LogP contribution >= 0.6 is 15.9 Å². The molecular formula is C16H25BrN2. The monoisotopic (exact) mass is 324 g/mol. The van der Waals surface area contributed by atoms with E-state index >= 15 is 0 Å². The van der Waals surface area contributed by atoms with Crippen molar-refractivity contribution in [2.75, 3.05) is 18.0 Å². The Morgan fingerprint density at radius 3 is 2.89 bits per heavy atom. The van der Waals surface area contributed by atoms with Crippen molar-refractivity contribution in [2.24, 2.45) is 5.73 Å². The van der Waals surface area contributed by atoms with Crippen molar-refractivity contribution in [3.63, 3.8) is 0 Å². The lowest BCUT2D eigenvalue weighted by Crippen LogP contribution is -2.35. The molecule has 0 spiro atoms. The van der Waals surface area contributed by atoms with Gasteiger partial charge in [-0.1, -0.05) is 35.7 Å². The van der Waals surface area contributed by atoms with Gasteiger partial charge in [-0.25, -0.2) is 0 Å². The van der Waals surface area contributed by atoms with Crippen molar-refractivity contribution in [3.05, 3.63) is 28.2 Å². The Morgan fingerprint density at radius 1 is 1.32 bits per heavy atom. The molecule has 106 valence electrons. The fourth-order valence-electron chi connectivity index (χ4n) is 3.11. The van der Waals surface area contributed by atoms with Crippen LogP contribution in [-0.4, -0.2) is 19.1 Å². The van der Waals surface area contributed by atoms with Gasteiger partial charge in [0.25, 0.3) is 0 Å². The summed E-state index contributed by atoms with van der Waals surface area (Å²) in [5, 5.41) is 0. The van der Waals surface area contributed by atoms with E-state index in [0.717, 1.165) is 10.9 Å². The molecule has 19 heavy (non-hydrogen) atoms. The minimum Gasteiger partial charge on any atom is -0.368 e. The maximum Gasteiger partial charge on any atom is 0.0402 e. The Balaban J connectivity index is 2.31. The summed E-state index contributed by atoms with van der Waals surface area (Å²) in [5.41, 5.74) is 8.56. The third-order valence-corrected chi connectivity index (χ3v) is 4.61. The molecule has 1 unspecified atom stereocenters. The van der Waals surface area contributed by atoms with E-state index in [2.05, 4.69) is 46.0 Å². The summed E-state index contributed by atoms with van der Waals surface area (Å²) in [7, 11) is 0. The smallest absolute Gasteiger partial charge is 0.0402 e. The van der Waals surface area contributed by atoms with Crippen LogP contribution in [0.2, 0.25) is 0 Å². The van der Waals surface area contributed by atoms with E-state index in [1.807, 2.05) is 0 Å². The number of hydrogen-bond acceptors (Lipinski definition) is 2. The van der Waals surface area contributed by atoms with Crippen LogP contribution < -0.4 is 10.6 Å². The van der Waals surface area contributed by atoms with Crippen LogP contribution in [0.3, 0.4) is 0 Å². The van der Waals surface area contributed by atoms with Crippen molar-refractivity contribution >= 4 is 21.6 Å². The number of nitrogens with two attached hydrogens (primary N) is 1. The van der Waals surface area contributed by atoms with E-state index in [4.69, 9.17) is 5.73 Å². The van der Waals surface area contributed by atoms with E-state index in [9.17, 15) is 0 Å². The second kappa shape index (κ2) is 7.30. The van der Waals surface area contributed by atoms with Gasteiger partial charge in [0.15, 0.2) is 0 Å². The van der Waals surface area contributed by atoms with Gasteiger partial charge < -0.3 is 10.6 Å². The van der Waals surface area contributed by atoms with Gasteiger partial charge in [0.05, 0.1) is 0 Å². The lowest BCUT2D eigenvalue weighted by atomic mass is 10.0. The van der Waals surface area contributed by atoms with Gasteiger partial charge in [-0.3, -0.25) is 0 Å². The predicted octanol–water partition coefficient (Wildman–Crippen LogP) is 4.11. The van der Waals surface area contributed by atoms with Crippen molar-refractivity contribution < 1.29 is 0 Å². The van der Waals surface area contributed by atoms with Crippen LogP contribution in [0.4, 0.5) is 5.69 Å². The van der Waals surface area contributed by atoms with Crippen LogP contribution in [0.5, 0.6) is 0 Å². The summed E-state index contributed by atoms with van der Waals surface area (Å²) in [6.45, 7) is 4.22. The molecule has 1 atom stereocenters. The maximum absolute atomic E-state index is 5.77. The zero-order valence-electron chi connectivity index (χ0n) is 11.9. The maximum atomic E-state index is 5.77. The molecule has 0 amide bonds. The molecule has 0 aromatic heterocycles. The molecule has 0 radical (unpaired) electrons. The number of rotatable bonds is 4. The van der Waals surface area contributed by atoms with Crippen LogP contribution in [0.25, 0.3) is 0 Å². The lowest BCUT2D eigenvalue weighted by Gasteiger charge is -2.33. The van der Waals surface area contributed by atoms with Crippen LogP contribution in [0.15, 0.2) is 22.7 Å². The summed E-state index contributed by atoms with van der Waals surface area (Å²) < 4.78 is 1.16. The molecule has 0 bridgehead atoms. The normalized spacial score (nSPS) is 20.4. The van der Waals surface area contributed by atoms with Crippen LogP contribution in [0, 0.1) is 0 Å². The second-order valence-corrected chi connectivity index (χ2v) is 6.33. The highest BCUT2D eigenvalue weighted by molar-refractivity contribution is 9.10. The van der Waals surface area contributed by atoms with Gasteiger partial charge in [-0.15, -0.1) is 0 Å². The SMILES string of the molecule is CCC1CCCCCN1c1ccc(Br)cc1CCN. The number of halogens is 1. The minimum absolute atomic E-state index is 0.695. The van der Waals surface area contributed by atoms with Crippen molar-refractivity contribution in [3.8, 4) is 0 Å². The molecule has 1 aliphatic heterocycles. The molecule has 1 saturated heterocycles. The fourth-order valence-corrected chi connectivity index (χ4v) is 3.52. The first kappa shape index (κ1) is 14.9. The summed E-state index contributed by atoms with van der Waals surface area (Å²) >= 11 is 3.58. The summed E-state index contributed by atoms with van der Waals surface area (Å²) in [6, 6.07) is 7.36. The predicted molar refractivity (Wildman–Crippen MR) is 86.8 cm³/mol. The Hall–Kier alpha value is -0.540. The van der Waals surface area contributed by atoms with Gasteiger partial charge in [0.1, 0.15) is 0 Å². The highest BCUT2D eigenvalue weighted by Crippen LogP contribution is 2.30. The number of anilines is 1. The van der Waals surface area contributed by atoms with Gasteiger partial charge in [-0.2, -0.15) is 0 Å². The average molecular weight is 325 g/mol. The third kappa shape index (κ3) is 3.73. The van der Waals surface area contributed by atoms with E-state index in [-0.39, 0.29) is 0 Å². The number of hydrogen-bond donors (Lipinski definition) is 1. The molecule has 2 nitrogen and oxygen atoms in total. The summed E-state index contributed by atoms with van der Waals surface area (Å²) in [6.07, 6.45) is 7.58. The molecule has 2 rings (SSSR count). The van der Waals surface area contributed by atoms with Gasteiger partial charge in [-0.05, 0) is 56.0 Å². The topological polar surface area (TPSA) is 29.3 Å². The molecule has 0 saturated carbocycles. The molecule has 1 aromatic rings. The quantitative estimate of drug-likeness (QED) is 0.903. The molecule has 0 aliphatic carbocycles. The molecular weight excluding hydrogens is 300 g/mol. The third-order valence-electron chi connectivity index (χ3n) is 4.11. The first-order valence-electron chi connectivity index (χ1n) is 7.51. The Kier molecular flexibility index (Phi) is 5.71. The first-order chi connectivity index (χ1) is 9.26. The highest BCUT2D eigenvalue weighted by atomic mass is 79.9. The van der Waals surface area contributed by atoms with E-state index in [1.54, 1.807) is 0 Å². The zero-order chi connectivity index (χ0) is 13.7. The van der Waals surface area contributed by atoms with Crippen molar-refractivity contribution in [1.29, 1.82) is 0 Å². The zero-order valence-corrected chi connectivity index (χ0v) is 13.5. The molecule has 1 aliphatic rings. The lowest BCUT2D eigenvalue weighted by molar-refractivity contribution is 0.555. The molecule has 1 heterocycles. The molecule has 1 aromatic carbocycles. The summed E-state index contributed by atoms with van der Waals surface area (Å²) in [5.74, 6) is 0. The summed E-state index contributed by atoms with van der Waals surface area (Å²) in [4.78, 5) is 2.63. The van der Waals surface area contributed by atoms with Gasteiger partial charge in [0.2, 0.25) is 0 Å². The molecule has 3 heteroatoms. The van der Waals surface area contributed by atoms with E-state index in [0.29, 0.717) is 12.6 Å². The van der Waals surface area contributed by atoms with Gasteiger partial charge in [0, 0.05) is 22.7 Å². The Labute approximate surface area is 125 Å². The van der Waals surface area contributed by atoms with Crippen LogP contribution in [-0.2, 0) is 6.42 Å². The average Bonchev–Trinajstić information content (AvgIpc) is 2.64. The Bertz CT molecular complexity index is 406. The van der Waals surface area contributed by atoms with Gasteiger partial charge >= 0.3 is 0 Å². The second-order valence-electron chi connectivity index (χ2n) is 5.42. The van der Waals surface area contributed by atoms with Crippen molar-refractivity contribution in [1.82, 2.24) is 0 Å². The highest BCUT2D eigenvalue weighted by Gasteiger charge is 2.21. The standard InChI is InChI=1S/C16H25BrN2/c1-2-15-6-4-3-5-11-19(15)16-8-7-14(17)12-13(16)9-10-18/h7-8,12,15H,2-6,9-11,18H2,1H3. The number of nitrogens with zero attached hydrogens (tertiary/aromatic N) is 1.